The zero-order valence-corrected chi connectivity index (χ0v) is 10.7. The molecular formula is C11H21N3O3. The van der Waals surface area contributed by atoms with E-state index in [2.05, 4.69) is 15.1 Å². The first-order valence-electron chi connectivity index (χ1n) is 5.76. The second kappa shape index (κ2) is 7.37. The predicted molar refractivity (Wildman–Crippen MR) is 62.7 cm³/mol. The summed E-state index contributed by atoms with van der Waals surface area (Å²) in [6.07, 6.45) is 1.26. The van der Waals surface area contributed by atoms with Crippen LogP contribution in [0.3, 0.4) is 0 Å². The van der Waals surface area contributed by atoms with Crippen LogP contribution in [0.5, 0.6) is 0 Å². The first kappa shape index (κ1) is 14.1. The van der Waals surface area contributed by atoms with Gasteiger partial charge in [0.25, 0.3) is 0 Å². The predicted octanol–water partition coefficient (Wildman–Crippen LogP) is 0.250. The van der Waals surface area contributed by atoms with Crippen molar-refractivity contribution in [3.05, 3.63) is 11.8 Å². The number of aryl methyl sites for hydroxylation is 2. The number of likely N-dealkylation sites (N-methyl/N-ethyl adjacent to an activating group) is 1. The molecule has 1 N–H and O–H groups in total. The molecule has 0 amide bonds. The first-order chi connectivity index (χ1) is 8.11. The summed E-state index contributed by atoms with van der Waals surface area (Å²) < 4.78 is 10.1. The molecule has 0 aliphatic heterocycles. The minimum absolute atomic E-state index is 0.368. The molecule has 0 fully saturated rings. The summed E-state index contributed by atoms with van der Waals surface area (Å²) in [6, 6.07) is 0. The van der Waals surface area contributed by atoms with E-state index in [1.165, 1.54) is 0 Å². The molecule has 0 aromatic carbocycles. The smallest absolute Gasteiger partial charge is 0.216 e. The summed E-state index contributed by atoms with van der Waals surface area (Å²) in [4.78, 5) is 2.06. The summed E-state index contributed by atoms with van der Waals surface area (Å²) in [5.41, 5.74) is 0. The van der Waals surface area contributed by atoms with Crippen molar-refractivity contribution in [1.82, 2.24) is 15.1 Å². The van der Waals surface area contributed by atoms with Gasteiger partial charge in [-0.05, 0) is 20.0 Å². The highest BCUT2D eigenvalue weighted by Crippen LogP contribution is 2.02. The van der Waals surface area contributed by atoms with Crippen LogP contribution in [-0.2, 0) is 11.2 Å². The van der Waals surface area contributed by atoms with Gasteiger partial charge in [-0.1, -0.05) is 0 Å². The highest BCUT2D eigenvalue weighted by Gasteiger charge is 2.08. The molecule has 1 heterocycles. The highest BCUT2D eigenvalue weighted by atomic mass is 16.5. The topological polar surface area (TPSA) is 71.6 Å². The molecule has 0 bridgehead atoms. The van der Waals surface area contributed by atoms with Gasteiger partial charge in [0, 0.05) is 27.0 Å². The van der Waals surface area contributed by atoms with E-state index >= 15 is 0 Å². The van der Waals surface area contributed by atoms with Gasteiger partial charge in [0.2, 0.25) is 11.8 Å². The van der Waals surface area contributed by atoms with Crippen LogP contribution >= 0.6 is 0 Å². The Balaban J connectivity index is 2.13. The average molecular weight is 243 g/mol. The number of methoxy groups -OCH3 is 1. The van der Waals surface area contributed by atoms with Crippen LogP contribution in [0.1, 0.15) is 18.2 Å². The fraction of sp³-hybridized carbons (Fsp3) is 0.818. The van der Waals surface area contributed by atoms with E-state index in [0.717, 1.165) is 19.4 Å². The molecule has 1 aromatic rings. The summed E-state index contributed by atoms with van der Waals surface area (Å²) in [6.45, 7) is 3.63. The van der Waals surface area contributed by atoms with E-state index in [0.29, 0.717) is 24.9 Å². The maximum absolute atomic E-state index is 9.53. The Morgan fingerprint density at radius 3 is 2.82 bits per heavy atom. The third-order valence-corrected chi connectivity index (χ3v) is 2.38. The minimum Gasteiger partial charge on any atom is -0.426 e. The number of hydrogen-bond donors (Lipinski definition) is 1. The van der Waals surface area contributed by atoms with E-state index in [-0.39, 0.29) is 0 Å². The maximum atomic E-state index is 9.53. The van der Waals surface area contributed by atoms with Gasteiger partial charge in [-0.3, -0.25) is 0 Å². The Morgan fingerprint density at radius 1 is 1.47 bits per heavy atom. The van der Waals surface area contributed by atoms with Crippen LogP contribution < -0.4 is 0 Å². The molecule has 1 unspecified atom stereocenters. The number of ether oxygens (including phenoxy) is 1. The second-order valence-corrected chi connectivity index (χ2v) is 4.19. The molecule has 1 atom stereocenters. The Kier molecular flexibility index (Phi) is 6.10. The van der Waals surface area contributed by atoms with Crippen LogP contribution in [-0.4, -0.2) is 60.2 Å². The fourth-order valence-electron chi connectivity index (χ4n) is 1.63. The standard InChI is InChI=1S/C11H21N3O3/c1-9-12-13-11(17-9)5-4-6-14(2)7-10(15)8-16-3/h10,15H,4-8H2,1-3H3. The molecule has 0 spiro atoms. The molecule has 17 heavy (non-hydrogen) atoms. The molecule has 1 aromatic heterocycles. The van der Waals surface area contributed by atoms with E-state index in [1.807, 2.05) is 7.05 Å². The molecule has 6 nitrogen and oxygen atoms in total. The summed E-state index contributed by atoms with van der Waals surface area (Å²) >= 11 is 0. The number of aromatic nitrogens is 2. The number of rotatable bonds is 8. The number of nitrogens with zero attached hydrogens (tertiary/aromatic N) is 3. The van der Waals surface area contributed by atoms with Crippen LogP contribution in [0.25, 0.3) is 0 Å². The van der Waals surface area contributed by atoms with Gasteiger partial charge in [-0.2, -0.15) is 0 Å². The van der Waals surface area contributed by atoms with E-state index < -0.39 is 6.10 Å². The molecule has 0 radical (unpaired) electrons. The molecule has 0 saturated heterocycles. The third-order valence-electron chi connectivity index (χ3n) is 2.38. The van der Waals surface area contributed by atoms with Crippen molar-refractivity contribution >= 4 is 0 Å². The van der Waals surface area contributed by atoms with Gasteiger partial charge in [0.1, 0.15) is 0 Å². The molecule has 1 rings (SSSR count). The fourth-order valence-corrected chi connectivity index (χ4v) is 1.63. The molecular weight excluding hydrogens is 222 g/mol. The normalized spacial score (nSPS) is 13.2. The van der Waals surface area contributed by atoms with Crippen molar-refractivity contribution < 1.29 is 14.3 Å². The largest absolute Gasteiger partial charge is 0.426 e. The van der Waals surface area contributed by atoms with Gasteiger partial charge < -0.3 is 19.2 Å². The molecule has 6 heteroatoms. The number of aliphatic hydroxyl groups is 1. The molecule has 0 aliphatic rings. The Hall–Kier alpha value is -0.980. The van der Waals surface area contributed by atoms with Gasteiger partial charge in [-0.25, -0.2) is 0 Å². The monoisotopic (exact) mass is 243 g/mol. The molecule has 0 saturated carbocycles. The van der Waals surface area contributed by atoms with Gasteiger partial charge >= 0.3 is 0 Å². The third kappa shape index (κ3) is 5.76. The highest BCUT2D eigenvalue weighted by molar-refractivity contribution is 4.79. The lowest BCUT2D eigenvalue weighted by molar-refractivity contribution is 0.0431. The zero-order valence-electron chi connectivity index (χ0n) is 10.7. The van der Waals surface area contributed by atoms with Gasteiger partial charge in [-0.15, -0.1) is 10.2 Å². The van der Waals surface area contributed by atoms with Crippen molar-refractivity contribution in [2.75, 3.05) is 33.9 Å². The maximum Gasteiger partial charge on any atom is 0.216 e. The second-order valence-electron chi connectivity index (χ2n) is 4.19. The number of aliphatic hydroxyl groups excluding tert-OH is 1. The lowest BCUT2D eigenvalue weighted by Gasteiger charge is -2.19. The van der Waals surface area contributed by atoms with Gasteiger partial charge in [0.15, 0.2) is 0 Å². The van der Waals surface area contributed by atoms with E-state index in [4.69, 9.17) is 9.15 Å². The van der Waals surface area contributed by atoms with Crippen molar-refractivity contribution in [2.24, 2.45) is 0 Å². The summed E-state index contributed by atoms with van der Waals surface area (Å²) in [7, 11) is 3.55. The Morgan fingerprint density at radius 2 is 2.24 bits per heavy atom. The van der Waals surface area contributed by atoms with Crippen LogP contribution in [0, 0.1) is 6.92 Å². The number of hydrogen-bond acceptors (Lipinski definition) is 6. The van der Waals surface area contributed by atoms with Gasteiger partial charge in [0.05, 0.1) is 12.7 Å². The lowest BCUT2D eigenvalue weighted by atomic mass is 10.2. The first-order valence-corrected chi connectivity index (χ1v) is 5.76. The zero-order chi connectivity index (χ0) is 12.7. The quantitative estimate of drug-likeness (QED) is 0.705. The minimum atomic E-state index is -0.435. The van der Waals surface area contributed by atoms with E-state index in [1.54, 1.807) is 14.0 Å². The lowest BCUT2D eigenvalue weighted by Crippen LogP contribution is -2.32. The molecule has 0 aliphatic carbocycles. The Labute approximate surface area is 102 Å². The Bertz CT molecular complexity index is 317. The summed E-state index contributed by atoms with van der Waals surface area (Å²) in [5.74, 6) is 1.28. The van der Waals surface area contributed by atoms with Crippen molar-refractivity contribution in [3.8, 4) is 0 Å². The van der Waals surface area contributed by atoms with Crippen molar-refractivity contribution in [3.63, 3.8) is 0 Å². The summed E-state index contributed by atoms with van der Waals surface area (Å²) in [5, 5.41) is 17.2. The van der Waals surface area contributed by atoms with Crippen LogP contribution in [0.15, 0.2) is 4.42 Å². The van der Waals surface area contributed by atoms with Crippen LogP contribution in [0.4, 0.5) is 0 Å². The van der Waals surface area contributed by atoms with Crippen molar-refractivity contribution in [1.29, 1.82) is 0 Å². The van der Waals surface area contributed by atoms with Crippen LogP contribution in [0.2, 0.25) is 0 Å². The van der Waals surface area contributed by atoms with Crippen molar-refractivity contribution in [2.45, 2.75) is 25.9 Å². The molecule has 98 valence electrons. The average Bonchev–Trinajstić information content (AvgIpc) is 2.64. The SMILES string of the molecule is COCC(O)CN(C)CCCc1nnc(C)o1. The van der Waals surface area contributed by atoms with E-state index in [9.17, 15) is 5.11 Å².